The molecule has 2 heterocycles. The van der Waals surface area contributed by atoms with E-state index < -0.39 is 0 Å². The zero-order valence-electron chi connectivity index (χ0n) is 14.7. The number of para-hydroxylation sites is 1. The maximum absolute atomic E-state index is 12.8. The Morgan fingerprint density at radius 1 is 1.24 bits per heavy atom. The predicted octanol–water partition coefficient (Wildman–Crippen LogP) is 3.60. The van der Waals surface area contributed by atoms with Crippen LogP contribution < -0.4 is 4.74 Å². The monoisotopic (exact) mass is 343 g/mol. The number of hydrogen-bond acceptors (Lipinski definition) is 4. The Bertz CT molecular complexity index is 763. The number of benzene rings is 1. The van der Waals surface area contributed by atoms with Crippen molar-refractivity contribution in [3.63, 3.8) is 0 Å². The lowest BCUT2D eigenvalue weighted by atomic mass is 9.67. The third-order valence-electron chi connectivity index (χ3n) is 6.07. The van der Waals surface area contributed by atoms with E-state index in [1.165, 1.54) is 0 Å². The van der Waals surface area contributed by atoms with E-state index in [1.807, 2.05) is 29.2 Å². The fourth-order valence-electron chi connectivity index (χ4n) is 4.36. The number of likely N-dealkylation sites (tertiary alicyclic amines) is 1. The van der Waals surface area contributed by atoms with Gasteiger partial charge in [0.25, 0.3) is 5.91 Å². The average molecular weight is 343 g/mol. The first-order chi connectivity index (χ1) is 12.1. The van der Waals surface area contributed by atoms with Crippen LogP contribution in [0.15, 0.2) is 28.7 Å². The van der Waals surface area contributed by atoms with Gasteiger partial charge in [0.2, 0.25) is 0 Å². The van der Waals surface area contributed by atoms with E-state index in [2.05, 4.69) is 0 Å². The molecule has 1 aliphatic carbocycles. The second-order valence-electron chi connectivity index (χ2n) is 7.51. The first-order valence-corrected chi connectivity index (χ1v) is 9.14. The molecule has 0 unspecified atom stereocenters. The average Bonchev–Trinajstić information content (AvgIpc) is 3.09. The molecular weight excluding hydrogens is 318 g/mol. The van der Waals surface area contributed by atoms with Gasteiger partial charge in [-0.15, -0.1) is 0 Å². The molecule has 0 atom stereocenters. The summed E-state index contributed by atoms with van der Waals surface area (Å²) in [6.07, 6.45) is 5.88. The molecule has 2 fully saturated rings. The molecule has 1 aromatic heterocycles. The van der Waals surface area contributed by atoms with Gasteiger partial charge in [0.05, 0.1) is 13.2 Å². The zero-order chi connectivity index (χ0) is 17.4. The number of rotatable bonds is 2. The summed E-state index contributed by atoms with van der Waals surface area (Å²) >= 11 is 0. The van der Waals surface area contributed by atoms with Crippen molar-refractivity contribution in [1.29, 1.82) is 0 Å². The molecule has 1 spiro atoms. The van der Waals surface area contributed by atoms with Crippen molar-refractivity contribution in [2.45, 2.75) is 44.6 Å². The summed E-state index contributed by atoms with van der Waals surface area (Å²) in [6, 6.07) is 7.47. The summed E-state index contributed by atoms with van der Waals surface area (Å²) in [5.41, 5.74) is 0.954. The first kappa shape index (κ1) is 16.5. The molecule has 0 radical (unpaired) electrons. The van der Waals surface area contributed by atoms with Gasteiger partial charge in [-0.25, -0.2) is 0 Å². The third kappa shape index (κ3) is 3.01. The second kappa shape index (κ2) is 6.37. The van der Waals surface area contributed by atoms with Gasteiger partial charge in [-0.3, -0.25) is 4.79 Å². The van der Waals surface area contributed by atoms with Gasteiger partial charge < -0.3 is 19.2 Å². The van der Waals surface area contributed by atoms with Crippen LogP contribution in [0.3, 0.4) is 0 Å². The number of hydrogen-bond donors (Lipinski definition) is 1. The SMILES string of the molecule is COc1cccc2cc(C(=O)N3CCC4(CCC(O)CC4)CC3)oc12. The lowest BCUT2D eigenvalue weighted by Crippen LogP contribution is -2.44. The number of carbonyl (C=O) groups is 1. The van der Waals surface area contributed by atoms with Gasteiger partial charge in [0.15, 0.2) is 17.1 Å². The number of ether oxygens (including phenoxy) is 1. The van der Waals surface area contributed by atoms with Gasteiger partial charge >= 0.3 is 0 Å². The molecule has 5 nitrogen and oxygen atoms in total. The van der Waals surface area contributed by atoms with E-state index in [-0.39, 0.29) is 12.0 Å². The van der Waals surface area contributed by atoms with E-state index in [0.29, 0.717) is 22.5 Å². The minimum absolute atomic E-state index is 0.0380. The molecule has 1 N–H and O–H groups in total. The largest absolute Gasteiger partial charge is 0.493 e. The Morgan fingerprint density at radius 3 is 2.64 bits per heavy atom. The van der Waals surface area contributed by atoms with E-state index >= 15 is 0 Å². The first-order valence-electron chi connectivity index (χ1n) is 9.14. The third-order valence-corrected chi connectivity index (χ3v) is 6.07. The van der Waals surface area contributed by atoms with Crippen molar-refractivity contribution in [3.05, 3.63) is 30.0 Å². The van der Waals surface area contributed by atoms with Gasteiger partial charge in [-0.05, 0) is 56.1 Å². The molecule has 134 valence electrons. The van der Waals surface area contributed by atoms with Crippen molar-refractivity contribution >= 4 is 16.9 Å². The van der Waals surface area contributed by atoms with E-state index in [0.717, 1.165) is 57.0 Å². The van der Waals surface area contributed by atoms with E-state index in [4.69, 9.17) is 9.15 Å². The maximum atomic E-state index is 12.8. The van der Waals surface area contributed by atoms with Crippen molar-refractivity contribution in [1.82, 2.24) is 4.90 Å². The van der Waals surface area contributed by atoms with Crippen LogP contribution in [-0.4, -0.2) is 42.2 Å². The van der Waals surface area contributed by atoms with Gasteiger partial charge in [0, 0.05) is 18.5 Å². The van der Waals surface area contributed by atoms with Crippen molar-refractivity contribution in [2.24, 2.45) is 5.41 Å². The molecule has 1 amide bonds. The fraction of sp³-hybridized carbons (Fsp3) is 0.550. The summed E-state index contributed by atoms with van der Waals surface area (Å²) in [7, 11) is 1.60. The van der Waals surface area contributed by atoms with Crippen LogP contribution >= 0.6 is 0 Å². The Hall–Kier alpha value is -2.01. The highest BCUT2D eigenvalue weighted by atomic mass is 16.5. The van der Waals surface area contributed by atoms with E-state index in [9.17, 15) is 9.90 Å². The molecule has 1 aliphatic heterocycles. The molecule has 1 saturated heterocycles. The molecule has 5 heteroatoms. The van der Waals surface area contributed by atoms with Crippen molar-refractivity contribution in [3.8, 4) is 5.75 Å². The summed E-state index contributed by atoms with van der Waals surface area (Å²) in [5, 5.41) is 10.6. The lowest BCUT2D eigenvalue weighted by molar-refractivity contribution is 0.0159. The number of amides is 1. The quantitative estimate of drug-likeness (QED) is 0.905. The minimum Gasteiger partial charge on any atom is -0.493 e. The second-order valence-corrected chi connectivity index (χ2v) is 7.51. The lowest BCUT2D eigenvalue weighted by Gasteiger charge is -2.45. The Balaban J connectivity index is 1.47. The molecule has 1 saturated carbocycles. The number of carbonyl (C=O) groups excluding carboxylic acids is 1. The Morgan fingerprint density at radius 2 is 1.96 bits per heavy atom. The van der Waals surface area contributed by atoms with Crippen molar-refractivity contribution in [2.75, 3.05) is 20.2 Å². The molecule has 1 aromatic carbocycles. The Kier molecular flexibility index (Phi) is 4.20. The number of fused-ring (bicyclic) bond motifs is 1. The fourth-order valence-corrected chi connectivity index (χ4v) is 4.36. The van der Waals surface area contributed by atoms with Crippen LogP contribution in [0.25, 0.3) is 11.0 Å². The van der Waals surface area contributed by atoms with Crippen LogP contribution in [0.5, 0.6) is 5.75 Å². The zero-order valence-corrected chi connectivity index (χ0v) is 14.7. The highest BCUT2D eigenvalue weighted by Gasteiger charge is 2.39. The van der Waals surface area contributed by atoms with Crippen LogP contribution in [-0.2, 0) is 0 Å². The molecule has 25 heavy (non-hydrogen) atoms. The number of piperidine rings is 1. The maximum Gasteiger partial charge on any atom is 0.289 e. The highest BCUT2D eigenvalue weighted by molar-refractivity contribution is 5.97. The summed E-state index contributed by atoms with van der Waals surface area (Å²) in [6.45, 7) is 1.53. The normalized spacial score (nSPS) is 21.0. The van der Waals surface area contributed by atoms with Crippen LogP contribution in [0.1, 0.15) is 49.1 Å². The highest BCUT2D eigenvalue weighted by Crippen LogP contribution is 2.44. The summed E-state index contributed by atoms with van der Waals surface area (Å²) in [5.74, 6) is 0.994. The van der Waals surface area contributed by atoms with Gasteiger partial charge in [-0.1, -0.05) is 12.1 Å². The van der Waals surface area contributed by atoms with Crippen LogP contribution in [0, 0.1) is 5.41 Å². The molecule has 4 rings (SSSR count). The number of aliphatic hydroxyl groups excluding tert-OH is 1. The summed E-state index contributed by atoms with van der Waals surface area (Å²) < 4.78 is 11.1. The number of aliphatic hydroxyl groups is 1. The minimum atomic E-state index is -0.129. The molecule has 2 aliphatic rings. The standard InChI is InChI=1S/C20H25NO4/c1-24-16-4-2-3-14-13-17(25-18(14)16)19(23)21-11-9-20(10-12-21)7-5-15(22)6-8-20/h2-4,13,15,22H,5-12H2,1H3. The number of nitrogens with zero attached hydrogens (tertiary/aromatic N) is 1. The molecule has 2 aromatic rings. The van der Waals surface area contributed by atoms with Gasteiger partial charge in [0.1, 0.15) is 0 Å². The van der Waals surface area contributed by atoms with Crippen LogP contribution in [0.4, 0.5) is 0 Å². The van der Waals surface area contributed by atoms with Gasteiger partial charge in [-0.2, -0.15) is 0 Å². The van der Waals surface area contributed by atoms with Crippen molar-refractivity contribution < 1.29 is 19.1 Å². The topological polar surface area (TPSA) is 62.9 Å². The Labute approximate surface area is 147 Å². The van der Waals surface area contributed by atoms with E-state index in [1.54, 1.807) is 7.11 Å². The van der Waals surface area contributed by atoms with Crippen LogP contribution in [0.2, 0.25) is 0 Å². The number of furan rings is 1. The summed E-state index contributed by atoms with van der Waals surface area (Å²) in [4.78, 5) is 14.7. The predicted molar refractivity (Wildman–Crippen MR) is 94.8 cm³/mol. The smallest absolute Gasteiger partial charge is 0.289 e. The number of methoxy groups -OCH3 is 1. The molecule has 0 bridgehead atoms. The molecular formula is C20H25NO4.